The molecule has 164 valence electrons. The predicted octanol–water partition coefficient (Wildman–Crippen LogP) is 4.62. The summed E-state index contributed by atoms with van der Waals surface area (Å²) in [6.07, 6.45) is 4.74. The van der Waals surface area contributed by atoms with Gasteiger partial charge in [-0.3, -0.25) is 9.59 Å². The zero-order valence-electron chi connectivity index (χ0n) is 17.9. The number of carbonyl (C=O) groups excluding carboxylic acids is 2. The molecule has 0 aliphatic carbocycles. The molecular formula is C27H23N3O3. The highest BCUT2D eigenvalue weighted by Crippen LogP contribution is 2.40. The number of ketones is 1. The molecule has 33 heavy (non-hydrogen) atoms. The summed E-state index contributed by atoms with van der Waals surface area (Å²) in [5.41, 5.74) is 1.43. The Morgan fingerprint density at radius 1 is 0.970 bits per heavy atom. The number of aromatic amines is 1. The van der Waals surface area contributed by atoms with Gasteiger partial charge < -0.3 is 15.0 Å². The highest BCUT2D eigenvalue weighted by molar-refractivity contribution is 6.46. The molecule has 3 aromatic carbocycles. The zero-order chi connectivity index (χ0) is 22.8. The lowest BCUT2D eigenvalue weighted by Crippen LogP contribution is -2.31. The molecule has 2 heterocycles. The Labute approximate surface area is 191 Å². The second-order valence-corrected chi connectivity index (χ2v) is 8.10. The number of fused-ring (bicyclic) bond motifs is 1. The maximum absolute atomic E-state index is 13.1. The van der Waals surface area contributed by atoms with E-state index in [1.807, 2.05) is 48.5 Å². The molecule has 1 atom stereocenters. The standard InChI is InChI=1S/C27H23N3O3/c31-25(19-8-2-1-3-9-19)23-24(21-13-12-18-7-4-5-10-20(18)17-21)30(27(33)26(23)32)16-6-11-22-28-14-15-29-22/h1-5,7-10,12-15,17,24,31H,6,11,16H2,(H,28,29)/b25-23+. The van der Waals surface area contributed by atoms with Gasteiger partial charge in [-0.1, -0.05) is 66.7 Å². The Balaban J connectivity index is 1.58. The van der Waals surface area contributed by atoms with E-state index in [1.54, 1.807) is 41.6 Å². The summed E-state index contributed by atoms with van der Waals surface area (Å²) in [6, 6.07) is 22.1. The molecule has 1 amide bonds. The van der Waals surface area contributed by atoms with Crippen LogP contribution in [0.1, 0.15) is 29.4 Å². The summed E-state index contributed by atoms with van der Waals surface area (Å²) in [7, 11) is 0. The number of H-pyrrole nitrogens is 1. The number of carbonyl (C=O) groups is 2. The third-order valence-electron chi connectivity index (χ3n) is 6.04. The molecular weight excluding hydrogens is 414 g/mol. The van der Waals surface area contributed by atoms with Gasteiger partial charge in [0.1, 0.15) is 11.6 Å². The average molecular weight is 437 g/mol. The monoisotopic (exact) mass is 437 g/mol. The maximum atomic E-state index is 13.1. The van der Waals surface area contributed by atoms with Crippen molar-refractivity contribution in [1.82, 2.24) is 14.9 Å². The van der Waals surface area contributed by atoms with Gasteiger partial charge in [0.2, 0.25) is 0 Å². The number of nitrogens with zero attached hydrogens (tertiary/aromatic N) is 2. The molecule has 0 saturated carbocycles. The fraction of sp³-hybridized carbons (Fsp3) is 0.148. The van der Waals surface area contributed by atoms with Crippen LogP contribution in [-0.4, -0.2) is 38.2 Å². The highest BCUT2D eigenvalue weighted by Gasteiger charge is 2.45. The lowest BCUT2D eigenvalue weighted by Gasteiger charge is -2.25. The molecule has 4 aromatic rings. The highest BCUT2D eigenvalue weighted by atomic mass is 16.3. The summed E-state index contributed by atoms with van der Waals surface area (Å²) in [5.74, 6) is -0.573. The number of nitrogens with one attached hydrogen (secondary N) is 1. The van der Waals surface area contributed by atoms with Crippen molar-refractivity contribution in [1.29, 1.82) is 0 Å². The van der Waals surface area contributed by atoms with Crippen LogP contribution in [-0.2, 0) is 16.0 Å². The van der Waals surface area contributed by atoms with Crippen LogP contribution in [0.25, 0.3) is 16.5 Å². The molecule has 1 aliphatic rings. The number of Topliss-reactive ketones (excluding diaryl/α,β-unsaturated/α-hetero) is 1. The molecule has 1 aliphatic heterocycles. The molecule has 5 rings (SSSR count). The topological polar surface area (TPSA) is 86.3 Å². The predicted molar refractivity (Wildman–Crippen MR) is 126 cm³/mol. The summed E-state index contributed by atoms with van der Waals surface area (Å²) >= 11 is 0. The average Bonchev–Trinajstić information content (AvgIpc) is 3.46. The lowest BCUT2D eigenvalue weighted by atomic mass is 9.93. The molecule has 0 bridgehead atoms. The first-order valence-electron chi connectivity index (χ1n) is 10.9. The van der Waals surface area contributed by atoms with E-state index in [2.05, 4.69) is 9.97 Å². The second-order valence-electron chi connectivity index (χ2n) is 8.10. The van der Waals surface area contributed by atoms with Crippen molar-refractivity contribution < 1.29 is 14.7 Å². The van der Waals surface area contributed by atoms with Crippen LogP contribution < -0.4 is 0 Å². The Bertz CT molecular complexity index is 1340. The van der Waals surface area contributed by atoms with Crippen molar-refractivity contribution >= 4 is 28.2 Å². The van der Waals surface area contributed by atoms with Gasteiger partial charge in [-0.05, 0) is 28.8 Å². The fourth-order valence-corrected chi connectivity index (χ4v) is 4.44. The number of hydrogen-bond acceptors (Lipinski definition) is 4. The fourth-order valence-electron chi connectivity index (χ4n) is 4.44. The number of rotatable bonds is 6. The van der Waals surface area contributed by atoms with E-state index in [9.17, 15) is 14.7 Å². The number of hydrogen-bond donors (Lipinski definition) is 2. The van der Waals surface area contributed by atoms with E-state index >= 15 is 0 Å². The molecule has 1 saturated heterocycles. The first kappa shape index (κ1) is 20.7. The maximum Gasteiger partial charge on any atom is 0.295 e. The molecule has 2 N–H and O–H groups in total. The van der Waals surface area contributed by atoms with Crippen molar-refractivity contribution in [2.24, 2.45) is 0 Å². The van der Waals surface area contributed by atoms with Gasteiger partial charge in [-0.2, -0.15) is 0 Å². The van der Waals surface area contributed by atoms with Crippen molar-refractivity contribution in [3.05, 3.63) is 108 Å². The first-order valence-corrected chi connectivity index (χ1v) is 10.9. The van der Waals surface area contributed by atoms with Gasteiger partial charge in [0, 0.05) is 30.9 Å². The van der Waals surface area contributed by atoms with Gasteiger partial charge in [-0.15, -0.1) is 0 Å². The van der Waals surface area contributed by atoms with Crippen molar-refractivity contribution in [2.75, 3.05) is 6.54 Å². The molecule has 0 spiro atoms. The quantitative estimate of drug-likeness (QED) is 0.262. The number of imidazole rings is 1. The van der Waals surface area contributed by atoms with Gasteiger partial charge in [-0.25, -0.2) is 4.98 Å². The summed E-state index contributed by atoms with van der Waals surface area (Å²) < 4.78 is 0. The summed E-state index contributed by atoms with van der Waals surface area (Å²) in [6.45, 7) is 0.369. The first-order chi connectivity index (χ1) is 16.1. The smallest absolute Gasteiger partial charge is 0.295 e. The molecule has 1 unspecified atom stereocenters. The van der Waals surface area contributed by atoms with E-state index in [1.165, 1.54) is 0 Å². The van der Waals surface area contributed by atoms with Crippen LogP contribution in [0.15, 0.2) is 90.8 Å². The third kappa shape index (κ3) is 3.91. The number of amides is 1. The Morgan fingerprint density at radius 3 is 2.48 bits per heavy atom. The van der Waals surface area contributed by atoms with Gasteiger partial charge >= 0.3 is 0 Å². The van der Waals surface area contributed by atoms with Crippen LogP contribution in [0.5, 0.6) is 0 Å². The van der Waals surface area contributed by atoms with Crippen molar-refractivity contribution in [3.8, 4) is 0 Å². The van der Waals surface area contributed by atoms with Crippen molar-refractivity contribution in [3.63, 3.8) is 0 Å². The van der Waals surface area contributed by atoms with E-state index < -0.39 is 17.7 Å². The number of benzene rings is 3. The van der Waals surface area contributed by atoms with E-state index in [0.29, 0.717) is 24.9 Å². The van der Waals surface area contributed by atoms with Crippen LogP contribution in [0.4, 0.5) is 0 Å². The van der Waals surface area contributed by atoms with Crippen molar-refractivity contribution in [2.45, 2.75) is 18.9 Å². The van der Waals surface area contributed by atoms with E-state index in [0.717, 1.165) is 22.2 Å². The second kappa shape index (κ2) is 8.74. The van der Waals surface area contributed by atoms with Crippen LogP contribution in [0.3, 0.4) is 0 Å². The Morgan fingerprint density at radius 2 is 1.73 bits per heavy atom. The zero-order valence-corrected chi connectivity index (χ0v) is 17.9. The van der Waals surface area contributed by atoms with Gasteiger partial charge in [0.15, 0.2) is 0 Å². The number of likely N-dealkylation sites (tertiary alicyclic amines) is 1. The molecule has 6 nitrogen and oxygen atoms in total. The van der Waals surface area contributed by atoms with Gasteiger partial charge in [0.05, 0.1) is 11.6 Å². The number of aryl methyl sites for hydroxylation is 1. The largest absolute Gasteiger partial charge is 0.507 e. The Hall–Kier alpha value is -4.19. The molecule has 6 heteroatoms. The van der Waals surface area contributed by atoms with Crippen LogP contribution in [0.2, 0.25) is 0 Å². The third-order valence-corrected chi connectivity index (χ3v) is 6.04. The molecule has 1 aromatic heterocycles. The minimum absolute atomic E-state index is 0.125. The minimum Gasteiger partial charge on any atom is -0.507 e. The van der Waals surface area contributed by atoms with Crippen LogP contribution >= 0.6 is 0 Å². The normalized spacial score (nSPS) is 17.7. The van der Waals surface area contributed by atoms with E-state index in [-0.39, 0.29) is 11.3 Å². The summed E-state index contributed by atoms with van der Waals surface area (Å²) in [4.78, 5) is 35.1. The Kier molecular flexibility index (Phi) is 5.48. The minimum atomic E-state index is -0.661. The van der Waals surface area contributed by atoms with E-state index in [4.69, 9.17) is 0 Å². The van der Waals surface area contributed by atoms with Crippen LogP contribution in [0, 0.1) is 0 Å². The van der Waals surface area contributed by atoms with Gasteiger partial charge in [0.25, 0.3) is 11.7 Å². The molecule has 1 fully saturated rings. The number of aromatic nitrogens is 2. The SMILES string of the molecule is O=C1C(=O)N(CCCc2ncc[nH]2)C(c2ccc3ccccc3c2)/C1=C(\O)c1ccccc1. The molecule has 0 radical (unpaired) electrons. The summed E-state index contributed by atoms with van der Waals surface area (Å²) in [5, 5.41) is 13.2. The number of aliphatic hydroxyl groups is 1. The lowest BCUT2D eigenvalue weighted by molar-refractivity contribution is -0.139. The number of aliphatic hydroxyl groups excluding tert-OH is 1.